The zero-order valence-corrected chi connectivity index (χ0v) is 14.3. The summed E-state index contributed by atoms with van der Waals surface area (Å²) in [5, 5.41) is 0. The second kappa shape index (κ2) is 6.90. The monoisotopic (exact) mass is 326 g/mol. The minimum atomic E-state index is -0.0676. The highest BCUT2D eigenvalue weighted by atomic mass is 16.2. The maximum atomic E-state index is 12.1. The third kappa shape index (κ3) is 3.34. The molecule has 1 aliphatic heterocycles. The molecule has 2 aromatic rings. The van der Waals surface area contributed by atoms with E-state index in [0.29, 0.717) is 5.56 Å². The van der Waals surface area contributed by atoms with E-state index in [1.165, 1.54) is 0 Å². The highest BCUT2D eigenvalue weighted by Crippen LogP contribution is 2.26. The summed E-state index contributed by atoms with van der Waals surface area (Å²) in [6.07, 6.45) is 7.24. The van der Waals surface area contributed by atoms with Gasteiger partial charge in [0.1, 0.15) is 5.82 Å². The lowest BCUT2D eigenvalue weighted by molar-refractivity contribution is 0.0826. The summed E-state index contributed by atoms with van der Waals surface area (Å²) in [5.74, 6) is 1.70. The van der Waals surface area contributed by atoms with Gasteiger partial charge in [-0.3, -0.25) is 4.79 Å². The number of aryl methyl sites for hydroxylation is 1. The topological polar surface area (TPSA) is 75.1 Å². The van der Waals surface area contributed by atoms with Crippen LogP contribution in [-0.4, -0.2) is 57.9 Å². The van der Waals surface area contributed by atoms with Gasteiger partial charge in [0.25, 0.3) is 5.91 Å². The van der Waals surface area contributed by atoms with Crippen molar-refractivity contribution in [1.29, 1.82) is 0 Å². The second-order valence-electron chi connectivity index (χ2n) is 6.26. The zero-order chi connectivity index (χ0) is 17.1. The Bertz CT molecular complexity index is 718. The molecule has 1 aliphatic rings. The first kappa shape index (κ1) is 16.3. The number of hydrogen-bond donors (Lipinski definition) is 0. The quantitative estimate of drug-likeness (QED) is 0.854. The number of piperidine rings is 1. The average Bonchev–Trinajstić information content (AvgIpc) is 2.62. The molecular weight excluding hydrogens is 304 g/mol. The molecule has 1 amide bonds. The lowest BCUT2D eigenvalue weighted by atomic mass is 9.97. The lowest BCUT2D eigenvalue weighted by Gasteiger charge is -2.32. The standard InChI is InChI=1S/C17H22N6O/c1-12-14(16(24)22(2)3)10-20-15(21-12)13-6-4-9-23(11-13)17-18-7-5-8-19-17/h5,7-8,10,13H,4,6,9,11H2,1-3H3/t13-/m1/s1. The van der Waals surface area contributed by atoms with Gasteiger partial charge in [-0.1, -0.05) is 0 Å². The highest BCUT2D eigenvalue weighted by molar-refractivity contribution is 5.94. The molecule has 1 saturated heterocycles. The molecule has 1 fully saturated rings. The fourth-order valence-electron chi connectivity index (χ4n) is 2.96. The smallest absolute Gasteiger partial charge is 0.256 e. The van der Waals surface area contributed by atoms with Gasteiger partial charge in [0, 0.05) is 51.7 Å². The van der Waals surface area contributed by atoms with Crippen molar-refractivity contribution in [1.82, 2.24) is 24.8 Å². The van der Waals surface area contributed by atoms with Crippen molar-refractivity contribution in [2.45, 2.75) is 25.7 Å². The van der Waals surface area contributed by atoms with Crippen LogP contribution in [0.5, 0.6) is 0 Å². The summed E-state index contributed by atoms with van der Waals surface area (Å²) in [6.45, 7) is 3.60. The summed E-state index contributed by atoms with van der Waals surface area (Å²) in [6, 6.07) is 1.82. The van der Waals surface area contributed by atoms with Gasteiger partial charge in [-0.2, -0.15) is 0 Å². The fourth-order valence-corrected chi connectivity index (χ4v) is 2.96. The van der Waals surface area contributed by atoms with Crippen LogP contribution in [0.4, 0.5) is 5.95 Å². The van der Waals surface area contributed by atoms with Crippen LogP contribution >= 0.6 is 0 Å². The van der Waals surface area contributed by atoms with Crippen molar-refractivity contribution < 1.29 is 4.79 Å². The molecule has 0 aromatic carbocycles. The number of anilines is 1. The number of amides is 1. The van der Waals surface area contributed by atoms with Crippen molar-refractivity contribution in [3.8, 4) is 0 Å². The van der Waals surface area contributed by atoms with Crippen molar-refractivity contribution in [3.63, 3.8) is 0 Å². The van der Waals surface area contributed by atoms with Crippen molar-refractivity contribution in [3.05, 3.63) is 41.7 Å². The van der Waals surface area contributed by atoms with Gasteiger partial charge in [0.15, 0.2) is 0 Å². The van der Waals surface area contributed by atoms with E-state index in [1.54, 1.807) is 37.6 Å². The first-order valence-electron chi connectivity index (χ1n) is 8.13. The second-order valence-corrected chi connectivity index (χ2v) is 6.26. The van der Waals surface area contributed by atoms with Crippen LogP contribution in [0, 0.1) is 6.92 Å². The van der Waals surface area contributed by atoms with Crippen LogP contribution in [0.3, 0.4) is 0 Å². The van der Waals surface area contributed by atoms with E-state index in [-0.39, 0.29) is 11.8 Å². The largest absolute Gasteiger partial charge is 0.345 e. The Kier molecular flexibility index (Phi) is 4.69. The molecule has 7 nitrogen and oxygen atoms in total. The molecule has 0 spiro atoms. The average molecular weight is 326 g/mol. The number of rotatable bonds is 3. The molecule has 2 aromatic heterocycles. The third-order valence-corrected chi connectivity index (χ3v) is 4.26. The summed E-state index contributed by atoms with van der Waals surface area (Å²) >= 11 is 0. The van der Waals surface area contributed by atoms with Crippen molar-refractivity contribution in [2.24, 2.45) is 0 Å². The highest BCUT2D eigenvalue weighted by Gasteiger charge is 2.26. The van der Waals surface area contributed by atoms with Gasteiger partial charge < -0.3 is 9.80 Å². The predicted molar refractivity (Wildman–Crippen MR) is 91.0 cm³/mol. The number of carbonyl (C=O) groups excluding carboxylic acids is 1. The predicted octanol–water partition coefficient (Wildman–Crippen LogP) is 1.66. The maximum Gasteiger partial charge on any atom is 0.256 e. The minimum absolute atomic E-state index is 0.0676. The Morgan fingerprint density at radius 3 is 2.67 bits per heavy atom. The van der Waals surface area contributed by atoms with E-state index in [9.17, 15) is 4.79 Å². The summed E-state index contributed by atoms with van der Waals surface area (Å²) in [4.78, 5) is 33.6. The van der Waals surface area contributed by atoms with Crippen LogP contribution in [-0.2, 0) is 0 Å². The normalized spacial score (nSPS) is 17.6. The Labute approximate surface area is 141 Å². The number of aromatic nitrogens is 4. The minimum Gasteiger partial charge on any atom is -0.345 e. The Morgan fingerprint density at radius 1 is 1.25 bits per heavy atom. The summed E-state index contributed by atoms with van der Waals surface area (Å²) in [5.41, 5.74) is 1.29. The van der Waals surface area contributed by atoms with E-state index >= 15 is 0 Å². The molecule has 0 aliphatic carbocycles. The fraction of sp³-hybridized carbons (Fsp3) is 0.471. The molecule has 24 heavy (non-hydrogen) atoms. The zero-order valence-electron chi connectivity index (χ0n) is 14.3. The molecule has 0 bridgehead atoms. The van der Waals surface area contributed by atoms with Gasteiger partial charge in [-0.15, -0.1) is 0 Å². The molecule has 7 heteroatoms. The van der Waals surface area contributed by atoms with E-state index in [4.69, 9.17) is 0 Å². The SMILES string of the molecule is Cc1nc([C@@H]2CCCN(c3ncccn3)C2)ncc1C(=O)N(C)C. The first-order chi connectivity index (χ1) is 11.6. The van der Waals surface area contributed by atoms with Gasteiger partial charge in [0.2, 0.25) is 5.95 Å². The molecule has 1 atom stereocenters. The van der Waals surface area contributed by atoms with E-state index < -0.39 is 0 Å². The Hall–Kier alpha value is -2.57. The van der Waals surface area contributed by atoms with E-state index in [1.807, 2.05) is 13.0 Å². The van der Waals surface area contributed by atoms with Crippen LogP contribution in [0.25, 0.3) is 0 Å². The Balaban J connectivity index is 1.79. The number of hydrogen-bond acceptors (Lipinski definition) is 6. The van der Waals surface area contributed by atoms with Gasteiger partial charge in [0.05, 0.1) is 11.3 Å². The van der Waals surface area contributed by atoms with Crippen LogP contribution in [0.1, 0.15) is 40.6 Å². The van der Waals surface area contributed by atoms with Crippen LogP contribution in [0.2, 0.25) is 0 Å². The van der Waals surface area contributed by atoms with E-state index in [0.717, 1.165) is 43.4 Å². The summed E-state index contributed by atoms with van der Waals surface area (Å²) < 4.78 is 0. The third-order valence-electron chi connectivity index (χ3n) is 4.26. The first-order valence-corrected chi connectivity index (χ1v) is 8.13. The molecule has 0 saturated carbocycles. The molecule has 126 valence electrons. The molecule has 3 heterocycles. The van der Waals surface area contributed by atoms with Crippen LogP contribution < -0.4 is 4.90 Å². The number of nitrogens with zero attached hydrogens (tertiary/aromatic N) is 6. The lowest BCUT2D eigenvalue weighted by Crippen LogP contribution is -2.36. The summed E-state index contributed by atoms with van der Waals surface area (Å²) in [7, 11) is 3.46. The van der Waals surface area contributed by atoms with Crippen molar-refractivity contribution in [2.75, 3.05) is 32.1 Å². The number of carbonyl (C=O) groups is 1. The maximum absolute atomic E-state index is 12.1. The van der Waals surface area contributed by atoms with E-state index in [2.05, 4.69) is 24.8 Å². The molecule has 0 unspecified atom stereocenters. The molecular formula is C17H22N6O. The van der Waals surface area contributed by atoms with Gasteiger partial charge in [-0.05, 0) is 25.8 Å². The van der Waals surface area contributed by atoms with Gasteiger partial charge in [-0.25, -0.2) is 19.9 Å². The molecule has 3 rings (SSSR count). The molecule has 0 radical (unpaired) electrons. The Morgan fingerprint density at radius 2 is 2.00 bits per heavy atom. The van der Waals surface area contributed by atoms with Crippen molar-refractivity contribution >= 4 is 11.9 Å². The van der Waals surface area contributed by atoms with Gasteiger partial charge >= 0.3 is 0 Å². The molecule has 0 N–H and O–H groups in total. The van der Waals surface area contributed by atoms with Crippen LogP contribution in [0.15, 0.2) is 24.7 Å².